The van der Waals surface area contributed by atoms with Gasteiger partial charge in [-0.2, -0.15) is 0 Å². The molecule has 1 aromatic heterocycles. The van der Waals surface area contributed by atoms with Gasteiger partial charge in [-0.3, -0.25) is 0 Å². The zero-order valence-corrected chi connectivity index (χ0v) is 9.68. The van der Waals surface area contributed by atoms with Crippen molar-refractivity contribution in [2.24, 2.45) is 0 Å². The Morgan fingerprint density at radius 1 is 1.43 bits per heavy atom. The zero-order valence-electron chi connectivity index (χ0n) is 8.87. The minimum absolute atomic E-state index is 0.210. The lowest BCUT2D eigenvalue weighted by Gasteiger charge is -2.20. The van der Waals surface area contributed by atoms with E-state index in [0.29, 0.717) is 10.6 Å². The molecule has 0 saturated carbocycles. The van der Waals surface area contributed by atoms with Gasteiger partial charge in [-0.15, -0.1) is 0 Å². The Kier molecular flexibility index (Phi) is 2.63. The summed E-state index contributed by atoms with van der Waals surface area (Å²) in [5, 5.41) is 0. The number of aromatic nitrogens is 2. The summed E-state index contributed by atoms with van der Waals surface area (Å²) in [7, 11) is -2.74. The van der Waals surface area contributed by atoms with E-state index in [9.17, 15) is 4.21 Å². The van der Waals surface area contributed by atoms with Crippen molar-refractivity contribution in [3.63, 3.8) is 0 Å². The summed E-state index contributed by atoms with van der Waals surface area (Å²) in [4.78, 5) is 8.36. The third kappa shape index (κ3) is 2.29. The maximum Gasteiger partial charge on any atom is 0.115 e. The lowest BCUT2D eigenvalue weighted by Crippen LogP contribution is -2.18. The Balaban J connectivity index is 3.47. The predicted molar refractivity (Wildman–Crippen MR) is 55.8 cm³/mol. The van der Waals surface area contributed by atoms with Gasteiger partial charge in [0.1, 0.15) is 6.33 Å². The van der Waals surface area contributed by atoms with Gasteiger partial charge in [0, 0.05) is 17.9 Å². The number of nitrogens with zero attached hydrogens (tertiary/aromatic N) is 2. The first-order valence-corrected chi connectivity index (χ1v) is 6.24. The second-order valence-corrected chi connectivity index (χ2v) is 6.46. The smallest absolute Gasteiger partial charge is 0.115 e. The van der Waals surface area contributed by atoms with Gasteiger partial charge in [-0.1, -0.05) is 20.8 Å². The fourth-order valence-corrected chi connectivity index (χ4v) is 2.16. The van der Waals surface area contributed by atoms with Crippen LogP contribution in [0.4, 0.5) is 0 Å². The molecule has 1 atom stereocenters. The molecule has 78 valence electrons. The van der Waals surface area contributed by atoms with Gasteiger partial charge < -0.3 is 0 Å². The van der Waals surface area contributed by atoms with Gasteiger partial charge in [0.15, 0.2) is 0 Å². The number of nitrogens with one attached hydrogen (secondary N) is 1. The van der Waals surface area contributed by atoms with Crippen molar-refractivity contribution in [2.45, 2.75) is 31.1 Å². The van der Waals surface area contributed by atoms with E-state index in [-0.39, 0.29) is 5.41 Å². The zero-order chi connectivity index (χ0) is 11.0. The molecule has 1 rings (SSSR count). The molecule has 0 fully saturated rings. The quantitative estimate of drug-likeness (QED) is 0.773. The van der Waals surface area contributed by atoms with Crippen LogP contribution in [0.15, 0.2) is 17.4 Å². The second kappa shape index (κ2) is 3.31. The molecule has 0 aliphatic heterocycles. The van der Waals surface area contributed by atoms with E-state index in [2.05, 4.69) is 9.97 Å². The molecule has 4 nitrogen and oxygen atoms in total. The summed E-state index contributed by atoms with van der Waals surface area (Å²) in [5.41, 5.74) is 0.479. The third-order valence-corrected chi connectivity index (χ3v) is 2.95. The summed E-state index contributed by atoms with van der Waals surface area (Å²) in [6.07, 6.45) is 4.29. The Morgan fingerprint density at radius 2 is 2.00 bits per heavy atom. The van der Waals surface area contributed by atoms with Crippen molar-refractivity contribution in [3.05, 3.63) is 18.2 Å². The summed E-state index contributed by atoms with van der Waals surface area (Å²) in [5.74, 6) is 0. The Morgan fingerprint density at radius 3 is 2.36 bits per heavy atom. The van der Waals surface area contributed by atoms with E-state index in [1.807, 2.05) is 20.8 Å². The van der Waals surface area contributed by atoms with E-state index < -0.39 is 9.73 Å². The predicted octanol–water partition coefficient (Wildman–Crippen LogP) is 1.81. The molecule has 0 aliphatic rings. The normalized spacial score (nSPS) is 16.3. The summed E-state index contributed by atoms with van der Waals surface area (Å²) >= 11 is 0. The van der Waals surface area contributed by atoms with Crippen molar-refractivity contribution in [2.75, 3.05) is 6.26 Å². The fraction of sp³-hybridized carbons (Fsp3) is 0.556. The second-order valence-electron chi connectivity index (χ2n) is 4.33. The minimum Gasteiger partial charge on any atom is -0.249 e. The standard InChI is InChI=1S/C9H15N3OS/c1-9(2,3)8-7(14(4,10)13)5-11-6-12-8/h5-6,10H,1-4H3/t14-/m1/s1. The largest absolute Gasteiger partial charge is 0.249 e. The van der Waals surface area contributed by atoms with Gasteiger partial charge in [-0.05, 0) is 0 Å². The monoisotopic (exact) mass is 213 g/mol. The van der Waals surface area contributed by atoms with Crippen LogP contribution < -0.4 is 0 Å². The van der Waals surface area contributed by atoms with Crippen molar-refractivity contribution in [1.82, 2.24) is 9.97 Å². The van der Waals surface area contributed by atoms with Crippen LogP contribution in [0.1, 0.15) is 26.5 Å². The maximum atomic E-state index is 11.6. The van der Waals surface area contributed by atoms with Gasteiger partial charge in [0.05, 0.1) is 20.3 Å². The van der Waals surface area contributed by atoms with Crippen LogP contribution in [0.2, 0.25) is 0 Å². The lowest BCUT2D eigenvalue weighted by atomic mass is 9.92. The Bertz CT molecular complexity index is 432. The molecule has 0 saturated heterocycles. The highest BCUT2D eigenvalue weighted by Crippen LogP contribution is 2.25. The van der Waals surface area contributed by atoms with Crippen LogP contribution in [0, 0.1) is 4.78 Å². The molecule has 0 bridgehead atoms. The van der Waals surface area contributed by atoms with Crippen LogP contribution in [0.25, 0.3) is 0 Å². The topological polar surface area (TPSA) is 66.7 Å². The average Bonchev–Trinajstić information content (AvgIpc) is 2.01. The highest BCUT2D eigenvalue weighted by Gasteiger charge is 2.22. The van der Waals surface area contributed by atoms with E-state index in [0.717, 1.165) is 0 Å². The first-order chi connectivity index (χ1) is 6.23. The highest BCUT2D eigenvalue weighted by molar-refractivity contribution is 7.91. The Hall–Kier alpha value is -0.970. The first kappa shape index (κ1) is 11.1. The molecule has 14 heavy (non-hydrogen) atoms. The minimum atomic E-state index is -2.74. The SMILES string of the molecule is CC(C)(C)c1ncncc1[S@](C)(=N)=O. The highest BCUT2D eigenvalue weighted by atomic mass is 32.2. The van der Waals surface area contributed by atoms with Crippen LogP contribution in [-0.2, 0) is 15.1 Å². The maximum absolute atomic E-state index is 11.6. The summed E-state index contributed by atoms with van der Waals surface area (Å²) < 4.78 is 19.2. The van der Waals surface area contributed by atoms with E-state index >= 15 is 0 Å². The average molecular weight is 213 g/mol. The molecule has 1 N–H and O–H groups in total. The first-order valence-electron chi connectivity index (χ1n) is 4.27. The van der Waals surface area contributed by atoms with E-state index in [1.165, 1.54) is 18.8 Å². The summed E-state index contributed by atoms with van der Waals surface area (Å²) in [6, 6.07) is 0. The summed E-state index contributed by atoms with van der Waals surface area (Å²) in [6.45, 7) is 5.93. The van der Waals surface area contributed by atoms with Crippen molar-refractivity contribution in [1.29, 1.82) is 4.78 Å². The Labute approximate surface area is 84.8 Å². The molecule has 0 spiro atoms. The molecule has 0 aliphatic carbocycles. The van der Waals surface area contributed by atoms with Crippen LogP contribution in [0.3, 0.4) is 0 Å². The molecular weight excluding hydrogens is 198 g/mol. The third-order valence-electron chi connectivity index (χ3n) is 1.81. The molecule has 0 unspecified atom stereocenters. The molecule has 5 heteroatoms. The van der Waals surface area contributed by atoms with Crippen LogP contribution in [0.5, 0.6) is 0 Å². The van der Waals surface area contributed by atoms with Gasteiger partial charge in [0.25, 0.3) is 0 Å². The van der Waals surface area contributed by atoms with Crippen LogP contribution in [-0.4, -0.2) is 20.4 Å². The number of hydrogen-bond acceptors (Lipinski definition) is 4. The van der Waals surface area contributed by atoms with Crippen LogP contribution >= 0.6 is 0 Å². The van der Waals surface area contributed by atoms with Gasteiger partial charge in [-0.25, -0.2) is 19.0 Å². The number of rotatable bonds is 1. The molecule has 0 radical (unpaired) electrons. The lowest BCUT2D eigenvalue weighted by molar-refractivity contribution is 0.548. The fourth-order valence-electron chi connectivity index (χ4n) is 1.17. The van der Waals surface area contributed by atoms with E-state index in [4.69, 9.17) is 4.78 Å². The van der Waals surface area contributed by atoms with E-state index in [1.54, 1.807) is 0 Å². The van der Waals surface area contributed by atoms with Gasteiger partial charge in [0.2, 0.25) is 0 Å². The molecule has 0 aromatic carbocycles. The van der Waals surface area contributed by atoms with Crippen molar-refractivity contribution < 1.29 is 4.21 Å². The van der Waals surface area contributed by atoms with Gasteiger partial charge >= 0.3 is 0 Å². The molecule has 0 amide bonds. The molecular formula is C9H15N3OS. The van der Waals surface area contributed by atoms with Crippen molar-refractivity contribution >= 4 is 9.73 Å². The molecule has 1 aromatic rings. The van der Waals surface area contributed by atoms with Crippen molar-refractivity contribution in [3.8, 4) is 0 Å². The number of hydrogen-bond donors (Lipinski definition) is 1. The molecule has 1 heterocycles.